The molecule has 0 aliphatic carbocycles. The standard InChI is InChI=1S/C21H28N6O2.HI/c1-5-19-18(20(6-2)29-26-19)14-24-21(22-3)23-13-15-11-12-27(25-15)16-7-9-17(28-4)10-8-16;/h7-12H,5-6,13-14H2,1-4H3,(H2,22,23,24);1H. The smallest absolute Gasteiger partial charge is 0.191 e. The van der Waals surface area contributed by atoms with Crippen LogP contribution >= 0.6 is 24.0 Å². The van der Waals surface area contributed by atoms with Crippen molar-refractivity contribution >= 4 is 29.9 Å². The Hall–Kier alpha value is -2.56. The molecule has 3 aromatic rings. The quantitative estimate of drug-likeness (QED) is 0.267. The summed E-state index contributed by atoms with van der Waals surface area (Å²) in [7, 11) is 3.41. The van der Waals surface area contributed by atoms with Gasteiger partial charge in [0.1, 0.15) is 11.5 Å². The molecule has 0 fully saturated rings. The summed E-state index contributed by atoms with van der Waals surface area (Å²) >= 11 is 0. The summed E-state index contributed by atoms with van der Waals surface area (Å²) in [4.78, 5) is 4.29. The summed E-state index contributed by atoms with van der Waals surface area (Å²) in [6, 6.07) is 9.76. The third-order valence-electron chi connectivity index (χ3n) is 4.68. The van der Waals surface area contributed by atoms with Crippen LogP contribution in [-0.4, -0.2) is 35.1 Å². The van der Waals surface area contributed by atoms with Crippen LogP contribution in [0.2, 0.25) is 0 Å². The molecule has 3 rings (SSSR count). The molecule has 0 spiro atoms. The van der Waals surface area contributed by atoms with Gasteiger partial charge in [-0.1, -0.05) is 19.0 Å². The van der Waals surface area contributed by atoms with Crippen LogP contribution < -0.4 is 15.4 Å². The lowest BCUT2D eigenvalue weighted by Gasteiger charge is -2.11. The highest BCUT2D eigenvalue weighted by atomic mass is 127. The van der Waals surface area contributed by atoms with Crippen LogP contribution in [0.4, 0.5) is 0 Å². The van der Waals surface area contributed by atoms with Crippen molar-refractivity contribution in [1.29, 1.82) is 0 Å². The van der Waals surface area contributed by atoms with Crippen molar-refractivity contribution in [2.75, 3.05) is 14.2 Å². The van der Waals surface area contributed by atoms with E-state index in [9.17, 15) is 0 Å². The molecule has 0 saturated carbocycles. The fourth-order valence-corrected chi connectivity index (χ4v) is 3.04. The summed E-state index contributed by atoms with van der Waals surface area (Å²) in [5.41, 5.74) is 3.99. The van der Waals surface area contributed by atoms with Crippen LogP contribution in [0.15, 0.2) is 46.0 Å². The number of ether oxygens (including phenoxy) is 1. The van der Waals surface area contributed by atoms with Crippen LogP contribution in [0, 0.1) is 0 Å². The number of guanidine groups is 1. The number of nitrogens with zero attached hydrogens (tertiary/aromatic N) is 4. The fraction of sp³-hybridized carbons (Fsp3) is 0.381. The van der Waals surface area contributed by atoms with Gasteiger partial charge in [0.05, 0.1) is 30.7 Å². The number of aliphatic imine (C=N–C) groups is 1. The second-order valence-corrected chi connectivity index (χ2v) is 6.47. The summed E-state index contributed by atoms with van der Waals surface area (Å²) in [6.45, 7) is 5.33. The summed E-state index contributed by atoms with van der Waals surface area (Å²) in [5.74, 6) is 2.44. The van der Waals surface area contributed by atoms with Crippen LogP contribution in [0.3, 0.4) is 0 Å². The minimum atomic E-state index is 0. The molecule has 2 N–H and O–H groups in total. The van der Waals surface area contributed by atoms with Crippen LogP contribution in [-0.2, 0) is 25.9 Å². The summed E-state index contributed by atoms with van der Waals surface area (Å²) in [5, 5.41) is 15.4. The molecule has 8 nitrogen and oxygen atoms in total. The number of nitrogens with one attached hydrogen (secondary N) is 2. The van der Waals surface area contributed by atoms with Gasteiger partial charge in [0.2, 0.25) is 0 Å². The van der Waals surface area contributed by atoms with Crippen molar-refractivity contribution in [3.63, 3.8) is 0 Å². The zero-order valence-corrected chi connectivity index (χ0v) is 20.1. The topological polar surface area (TPSA) is 89.5 Å². The number of halogens is 1. The summed E-state index contributed by atoms with van der Waals surface area (Å²) < 4.78 is 12.5. The lowest BCUT2D eigenvalue weighted by Crippen LogP contribution is -2.36. The van der Waals surface area contributed by atoms with Gasteiger partial charge < -0.3 is 19.9 Å². The molecule has 2 heterocycles. The Morgan fingerprint density at radius 2 is 1.83 bits per heavy atom. The number of hydrogen-bond acceptors (Lipinski definition) is 5. The number of rotatable bonds is 8. The Bertz CT molecular complexity index is 927. The van der Waals surface area contributed by atoms with E-state index in [1.165, 1.54) is 0 Å². The van der Waals surface area contributed by atoms with E-state index >= 15 is 0 Å². The Kier molecular flexibility index (Phi) is 9.15. The van der Waals surface area contributed by atoms with Gasteiger partial charge in [-0.25, -0.2) is 4.68 Å². The van der Waals surface area contributed by atoms with Gasteiger partial charge in [-0.3, -0.25) is 4.99 Å². The van der Waals surface area contributed by atoms with E-state index in [1.54, 1.807) is 14.2 Å². The Morgan fingerprint density at radius 3 is 2.47 bits per heavy atom. The Morgan fingerprint density at radius 1 is 1.10 bits per heavy atom. The van der Waals surface area contributed by atoms with E-state index in [2.05, 4.69) is 39.7 Å². The number of aryl methyl sites for hydroxylation is 2. The van der Waals surface area contributed by atoms with Crippen molar-refractivity contribution in [1.82, 2.24) is 25.6 Å². The number of aromatic nitrogens is 3. The van der Waals surface area contributed by atoms with E-state index < -0.39 is 0 Å². The van der Waals surface area contributed by atoms with Crippen molar-refractivity contribution in [3.05, 3.63) is 59.2 Å². The second-order valence-electron chi connectivity index (χ2n) is 6.47. The Balaban J connectivity index is 0.00000320. The molecule has 0 amide bonds. The molecule has 1 aromatic carbocycles. The van der Waals surface area contributed by atoms with Gasteiger partial charge in [-0.05, 0) is 36.8 Å². The molecule has 0 saturated heterocycles. The monoisotopic (exact) mass is 524 g/mol. The van der Waals surface area contributed by atoms with E-state index in [0.717, 1.165) is 47.0 Å². The average molecular weight is 524 g/mol. The third-order valence-corrected chi connectivity index (χ3v) is 4.68. The highest BCUT2D eigenvalue weighted by molar-refractivity contribution is 14.0. The van der Waals surface area contributed by atoms with Gasteiger partial charge in [-0.2, -0.15) is 5.10 Å². The van der Waals surface area contributed by atoms with E-state index in [-0.39, 0.29) is 24.0 Å². The third kappa shape index (κ3) is 5.74. The molecule has 30 heavy (non-hydrogen) atoms. The maximum Gasteiger partial charge on any atom is 0.191 e. The average Bonchev–Trinajstić information content (AvgIpc) is 3.40. The van der Waals surface area contributed by atoms with Gasteiger partial charge in [0.15, 0.2) is 5.96 Å². The normalized spacial score (nSPS) is 11.1. The predicted octanol–water partition coefficient (Wildman–Crippen LogP) is 3.48. The SMILES string of the molecule is CCc1noc(CC)c1CNC(=NC)NCc1ccn(-c2ccc(OC)cc2)n1.I. The lowest BCUT2D eigenvalue weighted by molar-refractivity contribution is 0.380. The van der Waals surface area contributed by atoms with Crippen LogP contribution in [0.5, 0.6) is 5.75 Å². The first-order valence-corrected chi connectivity index (χ1v) is 9.78. The van der Waals surface area contributed by atoms with Gasteiger partial charge >= 0.3 is 0 Å². The molecule has 2 aromatic heterocycles. The predicted molar refractivity (Wildman–Crippen MR) is 128 cm³/mol. The van der Waals surface area contributed by atoms with E-state index in [1.807, 2.05) is 41.2 Å². The zero-order chi connectivity index (χ0) is 20.6. The maximum atomic E-state index is 5.42. The maximum absolute atomic E-state index is 5.42. The van der Waals surface area contributed by atoms with E-state index in [4.69, 9.17) is 9.26 Å². The minimum absolute atomic E-state index is 0. The fourth-order valence-electron chi connectivity index (χ4n) is 3.04. The van der Waals surface area contributed by atoms with Crippen LogP contribution in [0.25, 0.3) is 5.69 Å². The molecule has 0 aliphatic rings. The number of benzene rings is 1. The molecule has 162 valence electrons. The van der Waals surface area contributed by atoms with Crippen molar-refractivity contribution < 1.29 is 9.26 Å². The van der Waals surface area contributed by atoms with Crippen molar-refractivity contribution in [2.24, 2.45) is 4.99 Å². The van der Waals surface area contributed by atoms with Gasteiger partial charge in [-0.15, -0.1) is 24.0 Å². The molecular weight excluding hydrogens is 495 g/mol. The number of methoxy groups -OCH3 is 1. The van der Waals surface area contributed by atoms with Crippen molar-refractivity contribution in [2.45, 2.75) is 39.8 Å². The summed E-state index contributed by atoms with van der Waals surface area (Å²) in [6.07, 6.45) is 3.60. The molecule has 0 radical (unpaired) electrons. The first kappa shape index (κ1) is 23.7. The van der Waals surface area contributed by atoms with E-state index in [0.29, 0.717) is 19.0 Å². The van der Waals surface area contributed by atoms with Gasteiger partial charge in [0, 0.05) is 31.8 Å². The minimum Gasteiger partial charge on any atom is -0.497 e. The van der Waals surface area contributed by atoms with Crippen molar-refractivity contribution in [3.8, 4) is 11.4 Å². The number of hydrogen-bond donors (Lipinski definition) is 2. The first-order chi connectivity index (χ1) is 14.2. The molecule has 9 heteroatoms. The lowest BCUT2D eigenvalue weighted by atomic mass is 10.1. The highest BCUT2D eigenvalue weighted by Crippen LogP contribution is 2.16. The first-order valence-electron chi connectivity index (χ1n) is 9.78. The molecular formula is C21H29IN6O2. The zero-order valence-electron chi connectivity index (χ0n) is 17.8. The molecule has 0 atom stereocenters. The Labute approximate surface area is 194 Å². The highest BCUT2D eigenvalue weighted by Gasteiger charge is 2.13. The molecule has 0 aliphatic heterocycles. The van der Waals surface area contributed by atoms with Gasteiger partial charge in [0.25, 0.3) is 0 Å². The van der Waals surface area contributed by atoms with Crippen LogP contribution in [0.1, 0.15) is 36.6 Å². The molecule has 0 bridgehead atoms. The second kappa shape index (κ2) is 11.6. The largest absolute Gasteiger partial charge is 0.497 e. The molecule has 0 unspecified atom stereocenters.